The topological polar surface area (TPSA) is 60.0 Å². The van der Waals surface area contributed by atoms with Gasteiger partial charge >= 0.3 is 0 Å². The first-order valence-electron chi connectivity index (χ1n) is 6.53. The van der Waals surface area contributed by atoms with Crippen LogP contribution in [-0.2, 0) is 0 Å². The Kier molecular flexibility index (Phi) is 4.50. The molecule has 5 nitrogen and oxygen atoms in total. The average Bonchev–Trinajstić information content (AvgIpc) is 2.82. The highest BCUT2D eigenvalue weighted by Crippen LogP contribution is 2.35. The lowest BCUT2D eigenvalue weighted by molar-refractivity contribution is 0.0758. The van der Waals surface area contributed by atoms with Crippen molar-refractivity contribution in [1.82, 2.24) is 5.32 Å². The van der Waals surface area contributed by atoms with Gasteiger partial charge in [0.1, 0.15) is 18.5 Å². The molecule has 1 aromatic carbocycles. The van der Waals surface area contributed by atoms with Crippen LogP contribution >= 0.6 is 0 Å². The highest BCUT2D eigenvalue weighted by molar-refractivity contribution is 5.46. The molecule has 2 rings (SSSR count). The van der Waals surface area contributed by atoms with Crippen LogP contribution in [0.5, 0.6) is 17.2 Å². The van der Waals surface area contributed by atoms with Gasteiger partial charge in [0.15, 0.2) is 11.5 Å². The standard InChI is InChI=1S/C14H21NO4/c1-9(2)15-10(3)12(16)7-17-11-4-5-13-14(6-11)19-8-18-13/h4-6,9-10,12,15-16H,7-8H2,1-3H3. The Morgan fingerprint density at radius 1 is 1.26 bits per heavy atom. The average molecular weight is 267 g/mol. The fraction of sp³-hybridized carbons (Fsp3) is 0.571. The Bertz CT molecular complexity index is 422. The fourth-order valence-electron chi connectivity index (χ4n) is 1.93. The van der Waals surface area contributed by atoms with E-state index in [0.717, 1.165) is 5.75 Å². The van der Waals surface area contributed by atoms with Gasteiger partial charge in [-0.2, -0.15) is 0 Å². The lowest BCUT2D eigenvalue weighted by atomic mass is 10.2. The van der Waals surface area contributed by atoms with E-state index in [2.05, 4.69) is 5.32 Å². The summed E-state index contributed by atoms with van der Waals surface area (Å²) in [5.41, 5.74) is 0. The van der Waals surface area contributed by atoms with Crippen LogP contribution in [-0.4, -0.2) is 36.7 Å². The van der Waals surface area contributed by atoms with E-state index in [4.69, 9.17) is 14.2 Å². The zero-order chi connectivity index (χ0) is 13.8. The molecule has 1 aliphatic heterocycles. The van der Waals surface area contributed by atoms with E-state index in [1.165, 1.54) is 0 Å². The van der Waals surface area contributed by atoms with Crippen LogP contribution in [0.15, 0.2) is 18.2 Å². The quantitative estimate of drug-likeness (QED) is 0.818. The maximum Gasteiger partial charge on any atom is 0.231 e. The first-order valence-corrected chi connectivity index (χ1v) is 6.53. The van der Waals surface area contributed by atoms with E-state index < -0.39 is 6.10 Å². The maximum absolute atomic E-state index is 9.98. The van der Waals surface area contributed by atoms with Gasteiger partial charge in [-0.25, -0.2) is 0 Å². The van der Waals surface area contributed by atoms with Crippen molar-refractivity contribution < 1.29 is 19.3 Å². The van der Waals surface area contributed by atoms with Crippen molar-refractivity contribution >= 4 is 0 Å². The molecule has 0 radical (unpaired) electrons. The Hall–Kier alpha value is -1.46. The van der Waals surface area contributed by atoms with Crippen LogP contribution in [0.25, 0.3) is 0 Å². The smallest absolute Gasteiger partial charge is 0.231 e. The molecule has 0 spiro atoms. The molecule has 0 amide bonds. The molecule has 0 aromatic heterocycles. The van der Waals surface area contributed by atoms with E-state index in [1.54, 1.807) is 18.2 Å². The van der Waals surface area contributed by atoms with Gasteiger partial charge in [-0.3, -0.25) is 0 Å². The summed E-state index contributed by atoms with van der Waals surface area (Å²) in [6.07, 6.45) is -0.562. The lowest BCUT2D eigenvalue weighted by Gasteiger charge is -2.22. The van der Waals surface area contributed by atoms with Crippen LogP contribution in [0.3, 0.4) is 0 Å². The number of fused-ring (bicyclic) bond motifs is 1. The van der Waals surface area contributed by atoms with Crippen LogP contribution < -0.4 is 19.5 Å². The minimum absolute atomic E-state index is 0.0194. The molecular formula is C14H21NO4. The molecule has 1 heterocycles. The monoisotopic (exact) mass is 267 g/mol. The number of aliphatic hydroxyl groups is 1. The van der Waals surface area contributed by atoms with Crippen molar-refractivity contribution in [1.29, 1.82) is 0 Å². The van der Waals surface area contributed by atoms with Crippen molar-refractivity contribution in [3.05, 3.63) is 18.2 Å². The van der Waals surface area contributed by atoms with Crippen molar-refractivity contribution in [3.63, 3.8) is 0 Å². The summed E-state index contributed by atoms with van der Waals surface area (Å²) in [5, 5.41) is 13.2. The zero-order valence-corrected chi connectivity index (χ0v) is 11.6. The second kappa shape index (κ2) is 6.12. The maximum atomic E-state index is 9.98. The third-order valence-corrected chi connectivity index (χ3v) is 2.94. The van der Waals surface area contributed by atoms with Crippen LogP contribution in [0.1, 0.15) is 20.8 Å². The predicted molar refractivity (Wildman–Crippen MR) is 71.8 cm³/mol. The number of ether oxygens (including phenoxy) is 3. The molecule has 0 saturated heterocycles. The van der Waals surface area contributed by atoms with Crippen molar-refractivity contribution in [2.24, 2.45) is 0 Å². The Labute approximate surface area is 113 Å². The molecule has 1 aliphatic rings. The van der Waals surface area contributed by atoms with Gasteiger partial charge in [-0.1, -0.05) is 13.8 Å². The second-order valence-electron chi connectivity index (χ2n) is 5.00. The molecule has 0 bridgehead atoms. The molecule has 19 heavy (non-hydrogen) atoms. The summed E-state index contributed by atoms with van der Waals surface area (Å²) in [6.45, 7) is 6.51. The molecule has 2 N–H and O–H groups in total. The van der Waals surface area contributed by atoms with Crippen LogP contribution in [0.2, 0.25) is 0 Å². The molecule has 1 aromatic rings. The van der Waals surface area contributed by atoms with Crippen molar-refractivity contribution in [2.75, 3.05) is 13.4 Å². The van der Waals surface area contributed by atoms with E-state index >= 15 is 0 Å². The Morgan fingerprint density at radius 2 is 2.00 bits per heavy atom. The SMILES string of the molecule is CC(C)NC(C)C(O)COc1ccc2c(c1)OCO2. The molecule has 0 aliphatic carbocycles. The van der Waals surface area contributed by atoms with E-state index in [9.17, 15) is 5.11 Å². The highest BCUT2D eigenvalue weighted by atomic mass is 16.7. The number of aliphatic hydroxyl groups excluding tert-OH is 1. The third kappa shape index (κ3) is 3.75. The first-order chi connectivity index (χ1) is 9.06. The summed E-state index contributed by atoms with van der Waals surface area (Å²) >= 11 is 0. The molecule has 2 unspecified atom stereocenters. The predicted octanol–water partition coefficient (Wildman–Crippen LogP) is 1.54. The number of hydrogen-bond acceptors (Lipinski definition) is 5. The van der Waals surface area contributed by atoms with Crippen LogP contribution in [0.4, 0.5) is 0 Å². The van der Waals surface area contributed by atoms with Gasteiger partial charge in [-0.15, -0.1) is 0 Å². The van der Waals surface area contributed by atoms with Gasteiger partial charge in [0.2, 0.25) is 6.79 Å². The van der Waals surface area contributed by atoms with Gasteiger partial charge in [-0.05, 0) is 19.1 Å². The van der Waals surface area contributed by atoms with Gasteiger partial charge in [0, 0.05) is 18.2 Å². The third-order valence-electron chi connectivity index (χ3n) is 2.94. The largest absolute Gasteiger partial charge is 0.491 e. The molecule has 106 valence electrons. The summed E-state index contributed by atoms with van der Waals surface area (Å²) in [7, 11) is 0. The minimum atomic E-state index is -0.562. The first kappa shape index (κ1) is 14.0. The number of nitrogens with one attached hydrogen (secondary N) is 1. The van der Waals surface area contributed by atoms with Crippen molar-refractivity contribution in [3.8, 4) is 17.2 Å². The summed E-state index contributed by atoms with van der Waals surface area (Å²) < 4.78 is 16.1. The van der Waals surface area contributed by atoms with E-state index in [-0.39, 0.29) is 19.4 Å². The highest BCUT2D eigenvalue weighted by Gasteiger charge is 2.17. The molecule has 0 saturated carbocycles. The minimum Gasteiger partial charge on any atom is -0.491 e. The van der Waals surface area contributed by atoms with Gasteiger partial charge < -0.3 is 24.6 Å². The fourth-order valence-corrected chi connectivity index (χ4v) is 1.93. The van der Waals surface area contributed by atoms with E-state index in [1.807, 2.05) is 20.8 Å². The Balaban J connectivity index is 1.85. The molecule has 2 atom stereocenters. The summed E-state index contributed by atoms with van der Waals surface area (Å²) in [6, 6.07) is 5.69. The number of rotatable bonds is 6. The number of hydrogen-bond donors (Lipinski definition) is 2. The number of benzene rings is 1. The van der Waals surface area contributed by atoms with Gasteiger partial charge in [0.05, 0.1) is 0 Å². The summed E-state index contributed by atoms with van der Waals surface area (Å²) in [4.78, 5) is 0. The normalized spacial score (nSPS) is 16.5. The van der Waals surface area contributed by atoms with Crippen molar-refractivity contribution in [2.45, 2.75) is 39.0 Å². The summed E-state index contributed by atoms with van der Waals surface area (Å²) in [5.74, 6) is 2.07. The van der Waals surface area contributed by atoms with Crippen LogP contribution in [0, 0.1) is 0 Å². The van der Waals surface area contributed by atoms with E-state index in [0.29, 0.717) is 17.5 Å². The second-order valence-corrected chi connectivity index (χ2v) is 5.00. The van der Waals surface area contributed by atoms with Gasteiger partial charge in [0.25, 0.3) is 0 Å². The lowest BCUT2D eigenvalue weighted by Crippen LogP contribution is -2.43. The molecule has 0 fully saturated rings. The molecular weight excluding hydrogens is 246 g/mol. The molecule has 5 heteroatoms. The zero-order valence-electron chi connectivity index (χ0n) is 11.6. The Morgan fingerprint density at radius 3 is 2.74 bits per heavy atom.